The Labute approximate surface area is 127 Å². The zero-order valence-electron chi connectivity index (χ0n) is 11.4. The van der Waals surface area contributed by atoms with E-state index in [1.807, 2.05) is 18.2 Å². The molecule has 2 atom stereocenters. The van der Waals surface area contributed by atoms with Gasteiger partial charge in [0, 0.05) is 18.8 Å². The van der Waals surface area contributed by atoms with E-state index in [1.54, 1.807) is 17.8 Å². The second-order valence-electron chi connectivity index (χ2n) is 4.66. The van der Waals surface area contributed by atoms with Crippen LogP contribution in [-0.2, 0) is 4.79 Å². The average Bonchev–Trinajstić information content (AvgIpc) is 3.04. The normalized spacial score (nSPS) is 23.8. The number of nitrogens with one attached hydrogen (secondary N) is 4. The van der Waals surface area contributed by atoms with Crippen LogP contribution in [-0.4, -0.2) is 42.8 Å². The van der Waals surface area contributed by atoms with Crippen molar-refractivity contribution in [2.75, 3.05) is 25.4 Å². The summed E-state index contributed by atoms with van der Waals surface area (Å²) in [5, 5.41) is 3.20. The van der Waals surface area contributed by atoms with Crippen molar-refractivity contribution in [2.45, 2.75) is 11.5 Å². The lowest BCUT2D eigenvalue weighted by molar-refractivity contribution is -0.130. The lowest BCUT2D eigenvalue weighted by Crippen LogP contribution is -2.44. The van der Waals surface area contributed by atoms with Gasteiger partial charge in [-0.1, -0.05) is 12.1 Å². The number of benzene rings is 1. The van der Waals surface area contributed by atoms with Crippen LogP contribution in [0.25, 0.3) is 0 Å². The maximum atomic E-state index is 12.0. The van der Waals surface area contributed by atoms with Gasteiger partial charge in [0.2, 0.25) is 6.10 Å². The van der Waals surface area contributed by atoms with Crippen LogP contribution in [0.3, 0.4) is 0 Å². The molecule has 1 aromatic rings. The van der Waals surface area contributed by atoms with Gasteiger partial charge in [0.1, 0.15) is 6.61 Å². The molecule has 0 saturated carbocycles. The van der Waals surface area contributed by atoms with E-state index in [9.17, 15) is 4.79 Å². The summed E-state index contributed by atoms with van der Waals surface area (Å²) in [6.07, 6.45) is -0.585. The molecular formula is C13H18N4O3S. The Morgan fingerprint density at radius 3 is 3.05 bits per heavy atom. The highest BCUT2D eigenvalue weighted by atomic mass is 32.2. The molecule has 0 aromatic heterocycles. The molecule has 0 spiro atoms. The first-order valence-corrected chi connectivity index (χ1v) is 7.89. The van der Waals surface area contributed by atoms with E-state index < -0.39 is 6.10 Å². The Hall–Kier alpha value is -1.48. The van der Waals surface area contributed by atoms with Gasteiger partial charge in [-0.2, -0.15) is 5.53 Å². The van der Waals surface area contributed by atoms with Gasteiger partial charge in [0.05, 0.1) is 5.37 Å². The molecule has 1 amide bonds. The highest BCUT2D eigenvalue weighted by Crippen LogP contribution is 2.30. The minimum Gasteiger partial charge on any atom is -0.485 e. The predicted molar refractivity (Wildman–Crippen MR) is 79.9 cm³/mol. The zero-order valence-corrected chi connectivity index (χ0v) is 12.2. The molecule has 0 aliphatic carbocycles. The number of hydrogen-bond acceptors (Lipinski definition) is 7. The molecule has 0 bridgehead atoms. The van der Waals surface area contributed by atoms with Crippen LogP contribution < -0.4 is 31.2 Å². The van der Waals surface area contributed by atoms with E-state index in [-0.39, 0.29) is 12.5 Å². The van der Waals surface area contributed by atoms with Crippen molar-refractivity contribution in [2.24, 2.45) is 0 Å². The van der Waals surface area contributed by atoms with Crippen molar-refractivity contribution in [1.29, 1.82) is 0 Å². The van der Waals surface area contributed by atoms with Gasteiger partial charge in [-0.3, -0.25) is 4.79 Å². The molecular weight excluding hydrogens is 292 g/mol. The summed E-state index contributed by atoms with van der Waals surface area (Å²) in [6, 6.07) is 7.36. The number of carbonyl (C=O) groups excluding carboxylic acids is 1. The van der Waals surface area contributed by atoms with Gasteiger partial charge in [0.25, 0.3) is 5.91 Å². The van der Waals surface area contributed by atoms with Gasteiger partial charge in [-0.05, 0) is 12.1 Å². The van der Waals surface area contributed by atoms with Gasteiger partial charge < -0.3 is 14.8 Å². The number of carbonyl (C=O) groups is 1. The number of thioether (sulfide) groups is 1. The van der Waals surface area contributed by atoms with Crippen LogP contribution in [0.4, 0.5) is 0 Å². The topological polar surface area (TPSA) is 83.7 Å². The molecule has 2 aliphatic heterocycles. The van der Waals surface area contributed by atoms with Gasteiger partial charge in [-0.15, -0.1) is 11.8 Å². The lowest BCUT2D eigenvalue weighted by Gasteiger charge is -2.25. The van der Waals surface area contributed by atoms with Gasteiger partial charge in [-0.25, -0.2) is 10.9 Å². The Morgan fingerprint density at radius 2 is 2.24 bits per heavy atom. The average molecular weight is 310 g/mol. The van der Waals surface area contributed by atoms with E-state index >= 15 is 0 Å². The molecule has 1 aromatic carbocycles. The summed E-state index contributed by atoms with van der Waals surface area (Å²) in [7, 11) is 0. The van der Waals surface area contributed by atoms with Crippen molar-refractivity contribution in [1.82, 2.24) is 21.7 Å². The first kappa shape index (κ1) is 14.5. The Bertz CT molecular complexity index is 496. The molecule has 2 heterocycles. The molecule has 1 fully saturated rings. The number of ether oxygens (including phenoxy) is 2. The SMILES string of the molecule is O=C(NCCSC1CNNN1)C1COc2ccccc2O1. The van der Waals surface area contributed by atoms with E-state index in [0.717, 1.165) is 12.3 Å². The van der Waals surface area contributed by atoms with Gasteiger partial charge in [0.15, 0.2) is 11.5 Å². The molecule has 2 aliphatic rings. The summed E-state index contributed by atoms with van der Waals surface area (Å²) in [6.45, 7) is 1.70. The zero-order chi connectivity index (χ0) is 14.5. The first-order chi connectivity index (χ1) is 10.3. The fourth-order valence-electron chi connectivity index (χ4n) is 2.06. The molecule has 4 N–H and O–H groups in total. The molecule has 3 rings (SSSR count). The summed E-state index contributed by atoms with van der Waals surface area (Å²) in [5.74, 6) is 1.99. The third-order valence-corrected chi connectivity index (χ3v) is 4.26. The number of fused-ring (bicyclic) bond motifs is 1. The first-order valence-electron chi connectivity index (χ1n) is 6.84. The molecule has 21 heavy (non-hydrogen) atoms. The second kappa shape index (κ2) is 6.99. The Kier molecular flexibility index (Phi) is 4.81. The van der Waals surface area contributed by atoms with Crippen molar-refractivity contribution >= 4 is 17.7 Å². The summed E-state index contributed by atoms with van der Waals surface area (Å²) >= 11 is 1.74. The van der Waals surface area contributed by atoms with Crippen LogP contribution in [0.15, 0.2) is 24.3 Å². The molecule has 0 radical (unpaired) electrons. The van der Waals surface area contributed by atoms with Gasteiger partial charge >= 0.3 is 0 Å². The highest BCUT2D eigenvalue weighted by Gasteiger charge is 2.26. The highest BCUT2D eigenvalue weighted by molar-refractivity contribution is 7.99. The molecule has 8 heteroatoms. The van der Waals surface area contributed by atoms with Crippen LogP contribution in [0.2, 0.25) is 0 Å². The summed E-state index contributed by atoms with van der Waals surface area (Å²) in [5.41, 5.74) is 8.88. The van der Waals surface area contributed by atoms with Crippen LogP contribution in [0.1, 0.15) is 0 Å². The third kappa shape index (κ3) is 3.79. The van der Waals surface area contributed by atoms with Crippen molar-refractivity contribution in [3.05, 3.63) is 24.3 Å². The standard InChI is InChI=1S/C13H18N4O3S/c18-13(14-5-6-21-12-7-15-17-16-12)11-8-19-9-3-1-2-4-10(9)20-11/h1-4,11-12,15-17H,5-8H2,(H,14,18). The van der Waals surface area contributed by atoms with Crippen LogP contribution in [0.5, 0.6) is 11.5 Å². The molecule has 7 nitrogen and oxygen atoms in total. The number of hydrogen-bond donors (Lipinski definition) is 4. The van der Waals surface area contributed by atoms with Crippen molar-refractivity contribution < 1.29 is 14.3 Å². The minimum absolute atomic E-state index is 0.138. The third-order valence-electron chi connectivity index (χ3n) is 3.13. The van der Waals surface area contributed by atoms with E-state index in [2.05, 4.69) is 21.7 Å². The quantitative estimate of drug-likeness (QED) is 0.552. The number of para-hydroxylation sites is 2. The largest absolute Gasteiger partial charge is 0.485 e. The predicted octanol–water partition coefficient (Wildman–Crippen LogP) is -0.386. The number of amides is 1. The maximum absolute atomic E-state index is 12.0. The second-order valence-corrected chi connectivity index (χ2v) is 5.98. The fraction of sp³-hybridized carbons (Fsp3) is 0.462. The Balaban J connectivity index is 1.40. The molecule has 2 unspecified atom stereocenters. The summed E-state index contributed by atoms with van der Waals surface area (Å²) in [4.78, 5) is 12.0. The van der Waals surface area contributed by atoms with Crippen molar-refractivity contribution in [3.8, 4) is 11.5 Å². The van der Waals surface area contributed by atoms with Crippen LogP contribution in [0, 0.1) is 0 Å². The van der Waals surface area contributed by atoms with E-state index in [4.69, 9.17) is 9.47 Å². The van der Waals surface area contributed by atoms with E-state index in [0.29, 0.717) is 23.4 Å². The lowest BCUT2D eigenvalue weighted by atomic mass is 10.2. The number of hydrazine groups is 2. The van der Waals surface area contributed by atoms with Crippen molar-refractivity contribution in [3.63, 3.8) is 0 Å². The minimum atomic E-state index is -0.585. The van der Waals surface area contributed by atoms with Crippen LogP contribution >= 0.6 is 11.8 Å². The smallest absolute Gasteiger partial charge is 0.264 e. The molecule has 1 saturated heterocycles. The number of rotatable bonds is 5. The molecule has 114 valence electrons. The monoisotopic (exact) mass is 310 g/mol. The summed E-state index contributed by atoms with van der Waals surface area (Å²) < 4.78 is 11.2. The fourth-order valence-corrected chi connectivity index (χ4v) is 2.91. The maximum Gasteiger partial charge on any atom is 0.264 e. The van der Waals surface area contributed by atoms with E-state index in [1.165, 1.54) is 0 Å². The Morgan fingerprint density at radius 1 is 1.38 bits per heavy atom.